The second kappa shape index (κ2) is 58.8. The molecule has 9 heteroatoms. The molecule has 1 amide bonds. The Morgan fingerprint density at radius 2 is 0.779 bits per heavy atom. The maximum Gasteiger partial charge on any atom is 0.472 e. The molecule has 0 aliphatic rings. The Morgan fingerprint density at radius 1 is 0.455 bits per heavy atom. The van der Waals surface area contributed by atoms with E-state index in [-0.39, 0.29) is 19.1 Å². The average Bonchev–Trinajstić information content (AvgIpc) is 3.39. The van der Waals surface area contributed by atoms with Crippen LogP contribution < -0.4 is 5.32 Å². The average molecular weight is 1100 g/mol. The number of amides is 1. The minimum absolute atomic E-state index is 0.0729. The lowest BCUT2D eigenvalue weighted by atomic mass is 10.0. The summed E-state index contributed by atoms with van der Waals surface area (Å²) in [6.45, 7) is 4.81. The van der Waals surface area contributed by atoms with Crippen LogP contribution in [0, 0.1) is 0 Å². The number of nitrogens with zero attached hydrogens (tertiary/aromatic N) is 1. The summed E-state index contributed by atoms with van der Waals surface area (Å²) in [4.78, 5) is 23.4. The number of aliphatic hydroxyl groups excluding tert-OH is 1. The highest BCUT2D eigenvalue weighted by atomic mass is 31.2. The van der Waals surface area contributed by atoms with Crippen molar-refractivity contribution in [2.24, 2.45) is 0 Å². The van der Waals surface area contributed by atoms with Gasteiger partial charge in [0.1, 0.15) is 13.2 Å². The van der Waals surface area contributed by atoms with Gasteiger partial charge in [0.15, 0.2) is 0 Å². The van der Waals surface area contributed by atoms with Gasteiger partial charge in [-0.3, -0.25) is 13.8 Å². The fraction of sp³-hybridized carbons (Fsp3) is 0.838. The molecule has 3 N–H and O–H groups in total. The van der Waals surface area contributed by atoms with Gasteiger partial charge in [-0.2, -0.15) is 0 Å². The molecule has 0 fully saturated rings. The number of unbranched alkanes of at least 4 members (excludes halogenated alkanes) is 38. The van der Waals surface area contributed by atoms with Crippen molar-refractivity contribution in [2.45, 2.75) is 328 Å². The lowest BCUT2D eigenvalue weighted by Crippen LogP contribution is -2.46. The quantitative estimate of drug-likeness (QED) is 0.0243. The number of hydrogen-bond donors (Lipinski definition) is 3. The van der Waals surface area contributed by atoms with E-state index in [0.717, 1.165) is 70.6 Å². The van der Waals surface area contributed by atoms with Crippen molar-refractivity contribution in [2.75, 3.05) is 40.9 Å². The Labute approximate surface area is 479 Å². The first-order valence-corrected chi connectivity index (χ1v) is 34.6. The summed E-state index contributed by atoms with van der Waals surface area (Å²) < 4.78 is 23.9. The summed E-state index contributed by atoms with van der Waals surface area (Å²) in [5.74, 6) is -0.145. The highest BCUT2D eigenvalue weighted by Crippen LogP contribution is 2.43. The van der Waals surface area contributed by atoms with E-state index >= 15 is 0 Å². The van der Waals surface area contributed by atoms with Crippen LogP contribution in [-0.4, -0.2) is 73.4 Å². The molecule has 3 atom stereocenters. The van der Waals surface area contributed by atoms with Crippen molar-refractivity contribution in [3.63, 3.8) is 0 Å². The predicted molar refractivity (Wildman–Crippen MR) is 337 cm³/mol. The largest absolute Gasteiger partial charge is 0.472 e. The van der Waals surface area contributed by atoms with Crippen LogP contribution >= 0.6 is 7.82 Å². The van der Waals surface area contributed by atoms with E-state index in [0.29, 0.717) is 23.9 Å². The van der Waals surface area contributed by atoms with Crippen molar-refractivity contribution in [3.8, 4) is 0 Å². The molecule has 8 nitrogen and oxygen atoms in total. The molecule has 0 saturated heterocycles. The third-order valence-electron chi connectivity index (χ3n) is 15.0. The highest BCUT2D eigenvalue weighted by Gasteiger charge is 2.28. The Kier molecular flexibility index (Phi) is 57.5. The molecule has 452 valence electrons. The number of quaternary nitrogens is 1. The normalized spacial score (nSPS) is 14.1. The van der Waals surface area contributed by atoms with Gasteiger partial charge in [0.25, 0.3) is 0 Å². The molecule has 0 spiro atoms. The number of likely N-dealkylation sites (N-methyl/N-ethyl adjacent to an activating group) is 1. The molecule has 0 radical (unpaired) electrons. The van der Waals surface area contributed by atoms with E-state index in [2.05, 4.69) is 79.9 Å². The van der Waals surface area contributed by atoms with E-state index in [9.17, 15) is 19.4 Å². The second-order valence-corrected chi connectivity index (χ2v) is 25.3. The van der Waals surface area contributed by atoms with Gasteiger partial charge in [0, 0.05) is 6.42 Å². The number of phosphoric acid groups is 1. The van der Waals surface area contributed by atoms with E-state index in [1.807, 2.05) is 21.1 Å². The molecule has 77 heavy (non-hydrogen) atoms. The van der Waals surface area contributed by atoms with Crippen molar-refractivity contribution >= 4 is 13.7 Å². The van der Waals surface area contributed by atoms with Crippen molar-refractivity contribution in [1.29, 1.82) is 0 Å². The van der Waals surface area contributed by atoms with Crippen LogP contribution in [-0.2, 0) is 18.4 Å². The van der Waals surface area contributed by atoms with E-state index in [1.165, 1.54) is 218 Å². The fourth-order valence-electron chi connectivity index (χ4n) is 9.90. The molecule has 0 aromatic carbocycles. The van der Waals surface area contributed by atoms with Gasteiger partial charge in [-0.15, -0.1) is 0 Å². The van der Waals surface area contributed by atoms with Gasteiger partial charge in [-0.1, -0.05) is 312 Å². The van der Waals surface area contributed by atoms with Gasteiger partial charge in [-0.25, -0.2) is 4.57 Å². The smallest absolute Gasteiger partial charge is 0.391 e. The summed E-state index contributed by atoms with van der Waals surface area (Å²) in [5.41, 5.74) is 0. The van der Waals surface area contributed by atoms with Crippen LogP contribution in [0.3, 0.4) is 0 Å². The van der Waals surface area contributed by atoms with Gasteiger partial charge in [-0.05, 0) is 57.8 Å². The lowest BCUT2D eigenvalue weighted by Gasteiger charge is -2.26. The topological polar surface area (TPSA) is 105 Å². The number of rotatable bonds is 61. The van der Waals surface area contributed by atoms with Crippen LogP contribution in [0.1, 0.15) is 316 Å². The van der Waals surface area contributed by atoms with Crippen LogP contribution in [0.25, 0.3) is 0 Å². The molecular formula is C68H130N2O6P+. The zero-order valence-electron chi connectivity index (χ0n) is 51.7. The van der Waals surface area contributed by atoms with Crippen molar-refractivity contribution < 1.29 is 32.9 Å². The monoisotopic (exact) mass is 1100 g/mol. The molecule has 0 heterocycles. The fourth-order valence-corrected chi connectivity index (χ4v) is 10.6. The van der Waals surface area contributed by atoms with Gasteiger partial charge < -0.3 is 19.8 Å². The van der Waals surface area contributed by atoms with Gasteiger partial charge in [0.05, 0.1) is 39.9 Å². The van der Waals surface area contributed by atoms with Crippen LogP contribution in [0.2, 0.25) is 0 Å². The number of nitrogens with one attached hydrogen (secondary N) is 1. The number of allylic oxidation sites excluding steroid dienone is 10. The Morgan fingerprint density at radius 3 is 1.14 bits per heavy atom. The van der Waals surface area contributed by atoms with Crippen LogP contribution in [0.15, 0.2) is 60.8 Å². The molecule has 0 bridgehead atoms. The Balaban J connectivity index is 4.08. The number of carbonyl (C=O) groups is 1. The molecular weight excluding hydrogens is 972 g/mol. The van der Waals surface area contributed by atoms with Crippen molar-refractivity contribution in [3.05, 3.63) is 60.8 Å². The zero-order valence-corrected chi connectivity index (χ0v) is 52.6. The second-order valence-electron chi connectivity index (χ2n) is 23.8. The zero-order chi connectivity index (χ0) is 56.3. The van der Waals surface area contributed by atoms with Crippen LogP contribution in [0.4, 0.5) is 0 Å². The SMILES string of the molecule is CC/C=C\C/C=C\C/C=C\C/C=C\C/C=C\CCCCCCCCCCCCCC(=O)NC(COP(=O)(O)OCC[N+](C)(C)C)C(O)CCCCCCCCCCCCCCCCCCCCCCCCCCCCCC. The number of aliphatic hydroxyl groups is 1. The predicted octanol–water partition coefficient (Wildman–Crippen LogP) is 20.8. The van der Waals surface area contributed by atoms with Crippen LogP contribution in [0.5, 0.6) is 0 Å². The highest BCUT2D eigenvalue weighted by molar-refractivity contribution is 7.47. The number of hydrogen-bond acceptors (Lipinski definition) is 5. The molecule has 0 aromatic heterocycles. The summed E-state index contributed by atoms with van der Waals surface area (Å²) in [6, 6.07) is -0.767. The Bertz CT molecular complexity index is 1440. The van der Waals surface area contributed by atoms with Gasteiger partial charge >= 0.3 is 7.82 Å². The molecule has 0 saturated carbocycles. The first-order valence-electron chi connectivity index (χ1n) is 33.2. The standard InChI is InChI=1S/C68H129N2O6P/c1-6-8-10-12-14-16-18-20-22-24-26-28-30-32-34-36-37-39-41-43-45-47-49-51-53-55-57-59-61-67(71)66(65-76-77(73,74)75-64-63-70(3,4)5)69-68(72)62-60-58-56-54-52-50-48-46-44-42-40-38-35-33-31-29-27-25-23-21-19-17-15-13-11-9-7-2/h9,11,15,17,21,23,27,29,33,35,66-67,71H,6-8,10,12-14,16,18-20,22,24-26,28,30-32,34,36-65H2,1-5H3,(H-,69,72,73,74)/p+1/b11-9-,17-15-,23-21-,29-27-,35-33-. The minimum atomic E-state index is -4.33. The number of carbonyl (C=O) groups excluding carboxylic acids is 1. The first kappa shape index (κ1) is 75.2. The maximum atomic E-state index is 13.1. The summed E-state index contributed by atoms with van der Waals surface area (Å²) in [6.07, 6.45) is 80.2. The molecule has 0 aliphatic heterocycles. The Hall–Kier alpha value is -1.80. The third-order valence-corrected chi connectivity index (χ3v) is 16.0. The molecule has 0 rings (SSSR count). The molecule has 3 unspecified atom stereocenters. The third kappa shape index (κ3) is 61.7. The first-order chi connectivity index (χ1) is 37.5. The number of phosphoric ester groups is 1. The maximum absolute atomic E-state index is 13.1. The molecule has 0 aromatic rings. The van der Waals surface area contributed by atoms with Crippen molar-refractivity contribution in [1.82, 2.24) is 5.32 Å². The van der Waals surface area contributed by atoms with Gasteiger partial charge in [0.2, 0.25) is 5.91 Å². The lowest BCUT2D eigenvalue weighted by molar-refractivity contribution is -0.870. The summed E-state index contributed by atoms with van der Waals surface area (Å²) >= 11 is 0. The summed E-state index contributed by atoms with van der Waals surface area (Å²) in [7, 11) is 1.62. The van der Waals surface area contributed by atoms with E-state index < -0.39 is 20.0 Å². The van der Waals surface area contributed by atoms with E-state index in [1.54, 1.807) is 0 Å². The minimum Gasteiger partial charge on any atom is -0.391 e. The van der Waals surface area contributed by atoms with E-state index in [4.69, 9.17) is 9.05 Å². The summed E-state index contributed by atoms with van der Waals surface area (Å²) in [5, 5.41) is 14.1. The molecule has 0 aliphatic carbocycles.